The van der Waals surface area contributed by atoms with Crippen LogP contribution in [0, 0.1) is 5.95 Å². The van der Waals surface area contributed by atoms with Gasteiger partial charge in [-0.3, -0.25) is 4.79 Å². The Morgan fingerprint density at radius 1 is 1.48 bits per heavy atom. The molecule has 0 aliphatic rings. The predicted octanol–water partition coefficient (Wildman–Crippen LogP) is 2.60. The highest BCUT2D eigenvalue weighted by molar-refractivity contribution is 7.22. The number of halogens is 1. The van der Waals surface area contributed by atoms with E-state index < -0.39 is 5.95 Å². The molecule has 0 amide bonds. The van der Waals surface area contributed by atoms with E-state index in [1.165, 1.54) is 23.6 Å². The number of hydrogen-bond donors (Lipinski definition) is 2. The lowest BCUT2D eigenvalue weighted by Gasteiger charge is -2.06. The highest BCUT2D eigenvalue weighted by atomic mass is 32.1. The van der Waals surface area contributed by atoms with Crippen molar-refractivity contribution in [1.29, 1.82) is 0 Å². The van der Waals surface area contributed by atoms with Gasteiger partial charge in [0.1, 0.15) is 10.5 Å². The number of hydrogen-bond acceptors (Lipinski definition) is 5. The Morgan fingerprint density at radius 2 is 2.29 bits per heavy atom. The third kappa shape index (κ3) is 2.57. The van der Waals surface area contributed by atoms with Gasteiger partial charge in [0.05, 0.1) is 11.6 Å². The first-order chi connectivity index (χ1) is 10.1. The molecule has 3 rings (SSSR count). The molecule has 0 fully saturated rings. The monoisotopic (exact) mass is 304 g/mol. The number of nitrogens with one attached hydrogen (secondary N) is 1. The summed E-state index contributed by atoms with van der Waals surface area (Å²) in [6.07, 6.45) is 2.08. The van der Waals surface area contributed by atoms with E-state index in [-0.39, 0.29) is 11.6 Å². The van der Waals surface area contributed by atoms with E-state index in [2.05, 4.69) is 15.0 Å². The molecule has 21 heavy (non-hydrogen) atoms. The summed E-state index contributed by atoms with van der Waals surface area (Å²) in [4.78, 5) is 23.5. The van der Waals surface area contributed by atoms with Gasteiger partial charge >= 0.3 is 0 Å². The minimum Gasteiger partial charge on any atom is -0.321 e. The van der Waals surface area contributed by atoms with E-state index in [1.54, 1.807) is 12.1 Å². The second kappa shape index (κ2) is 5.34. The maximum Gasteiger partial charge on any atom is 0.268 e. The summed E-state index contributed by atoms with van der Waals surface area (Å²) in [5, 5.41) is 0. The maximum atomic E-state index is 13.2. The summed E-state index contributed by atoms with van der Waals surface area (Å²) in [7, 11) is 0. The van der Waals surface area contributed by atoms with E-state index in [4.69, 9.17) is 5.73 Å². The number of fused-ring (bicyclic) bond motifs is 1. The summed E-state index contributed by atoms with van der Waals surface area (Å²) in [6.45, 7) is 1.92. The summed E-state index contributed by atoms with van der Waals surface area (Å²) in [5.74, 6) is -0.0826. The van der Waals surface area contributed by atoms with Crippen molar-refractivity contribution in [3.05, 3.63) is 46.5 Å². The Hall–Kier alpha value is -2.12. The van der Waals surface area contributed by atoms with Crippen molar-refractivity contribution >= 4 is 21.6 Å². The molecule has 0 saturated heterocycles. The number of nitrogens with zero attached hydrogens (tertiary/aromatic N) is 2. The minimum atomic E-state index is -0.555. The smallest absolute Gasteiger partial charge is 0.268 e. The van der Waals surface area contributed by atoms with Gasteiger partial charge in [0.25, 0.3) is 5.56 Å². The number of nitrogens with two attached hydrogens (primary N) is 1. The van der Waals surface area contributed by atoms with Crippen LogP contribution in [-0.4, -0.2) is 15.0 Å². The summed E-state index contributed by atoms with van der Waals surface area (Å²) < 4.78 is 13.7. The Labute approximate surface area is 123 Å². The van der Waals surface area contributed by atoms with Crippen LogP contribution in [-0.2, 0) is 0 Å². The zero-order valence-electron chi connectivity index (χ0n) is 11.3. The molecule has 0 saturated carbocycles. The van der Waals surface area contributed by atoms with Gasteiger partial charge in [-0.25, -0.2) is 9.97 Å². The summed E-state index contributed by atoms with van der Waals surface area (Å²) in [6, 6.07) is 4.50. The molecule has 3 heterocycles. The van der Waals surface area contributed by atoms with Crippen LogP contribution >= 0.6 is 11.3 Å². The first-order valence-electron chi connectivity index (χ1n) is 6.49. The molecule has 1 unspecified atom stereocenters. The van der Waals surface area contributed by atoms with E-state index in [9.17, 15) is 9.18 Å². The van der Waals surface area contributed by atoms with Crippen LogP contribution < -0.4 is 11.3 Å². The van der Waals surface area contributed by atoms with Crippen molar-refractivity contribution < 1.29 is 4.39 Å². The van der Waals surface area contributed by atoms with E-state index in [1.807, 2.05) is 6.92 Å². The Morgan fingerprint density at radius 3 is 3.00 bits per heavy atom. The average Bonchev–Trinajstić information content (AvgIpc) is 2.91. The van der Waals surface area contributed by atoms with Gasteiger partial charge in [0, 0.05) is 17.1 Å². The molecule has 0 aliphatic heterocycles. The third-order valence-electron chi connectivity index (χ3n) is 3.20. The maximum absolute atomic E-state index is 13.2. The largest absolute Gasteiger partial charge is 0.321 e. The molecule has 0 radical (unpaired) electrons. The highest BCUT2D eigenvalue weighted by Gasteiger charge is 2.13. The van der Waals surface area contributed by atoms with Crippen molar-refractivity contribution in [2.45, 2.75) is 19.4 Å². The van der Waals surface area contributed by atoms with Crippen LogP contribution in [0.4, 0.5) is 4.39 Å². The number of pyridine rings is 1. The van der Waals surface area contributed by atoms with Gasteiger partial charge in [-0.2, -0.15) is 4.39 Å². The summed E-state index contributed by atoms with van der Waals surface area (Å²) >= 11 is 1.27. The van der Waals surface area contributed by atoms with Gasteiger partial charge in [-0.15, -0.1) is 11.3 Å². The average molecular weight is 304 g/mol. The summed E-state index contributed by atoms with van der Waals surface area (Å²) in [5.41, 5.74) is 6.94. The molecule has 0 aliphatic carbocycles. The lowest BCUT2D eigenvalue weighted by Crippen LogP contribution is -2.18. The van der Waals surface area contributed by atoms with Gasteiger partial charge < -0.3 is 10.7 Å². The molecule has 0 spiro atoms. The van der Waals surface area contributed by atoms with Gasteiger partial charge in [0.15, 0.2) is 0 Å². The fourth-order valence-electron chi connectivity index (χ4n) is 2.02. The zero-order valence-corrected chi connectivity index (χ0v) is 12.1. The molecule has 108 valence electrons. The van der Waals surface area contributed by atoms with Crippen molar-refractivity contribution in [2.24, 2.45) is 5.73 Å². The SMILES string of the molecule is CCC(N)c1nc2cc(-c3ccnc(F)c3)sc2c(=O)[nH]1. The number of aromatic nitrogens is 3. The molecule has 3 aromatic rings. The van der Waals surface area contributed by atoms with Crippen LogP contribution in [0.15, 0.2) is 29.2 Å². The molecule has 3 N–H and O–H groups in total. The third-order valence-corrected chi connectivity index (χ3v) is 4.38. The fraction of sp³-hybridized carbons (Fsp3) is 0.214. The highest BCUT2D eigenvalue weighted by Crippen LogP contribution is 2.31. The van der Waals surface area contributed by atoms with Crippen LogP contribution in [0.1, 0.15) is 25.2 Å². The lowest BCUT2D eigenvalue weighted by molar-refractivity contribution is 0.584. The standard InChI is InChI=1S/C14H13FN4OS/c1-2-8(16)13-18-9-6-10(21-12(9)14(20)19-13)7-3-4-17-11(15)5-7/h3-6,8H,2,16H2,1H3,(H,18,19,20). The van der Waals surface area contributed by atoms with Crippen LogP contribution in [0.5, 0.6) is 0 Å². The van der Waals surface area contributed by atoms with Crippen molar-refractivity contribution in [1.82, 2.24) is 15.0 Å². The van der Waals surface area contributed by atoms with Crippen LogP contribution in [0.3, 0.4) is 0 Å². The number of aromatic amines is 1. The molecule has 5 nitrogen and oxygen atoms in total. The van der Waals surface area contributed by atoms with Crippen LogP contribution in [0.2, 0.25) is 0 Å². The van der Waals surface area contributed by atoms with Crippen molar-refractivity contribution in [3.63, 3.8) is 0 Å². The number of rotatable bonds is 3. The van der Waals surface area contributed by atoms with E-state index >= 15 is 0 Å². The Bertz CT molecular complexity index is 858. The van der Waals surface area contributed by atoms with E-state index in [0.29, 0.717) is 28.0 Å². The Balaban J connectivity index is 2.16. The topological polar surface area (TPSA) is 84.7 Å². The quantitative estimate of drug-likeness (QED) is 0.728. The number of thiophene rings is 1. The molecule has 1 atom stereocenters. The second-order valence-electron chi connectivity index (χ2n) is 4.66. The molecule has 0 aromatic carbocycles. The van der Waals surface area contributed by atoms with E-state index in [0.717, 1.165) is 4.88 Å². The van der Waals surface area contributed by atoms with Crippen molar-refractivity contribution in [2.75, 3.05) is 0 Å². The zero-order chi connectivity index (χ0) is 15.0. The second-order valence-corrected chi connectivity index (χ2v) is 5.71. The Kier molecular flexibility index (Phi) is 3.52. The molecule has 0 bridgehead atoms. The van der Waals surface area contributed by atoms with Gasteiger partial charge in [0.2, 0.25) is 5.95 Å². The van der Waals surface area contributed by atoms with Crippen LogP contribution in [0.25, 0.3) is 20.7 Å². The number of H-pyrrole nitrogens is 1. The normalized spacial score (nSPS) is 12.7. The predicted molar refractivity (Wildman–Crippen MR) is 80.6 cm³/mol. The fourth-order valence-corrected chi connectivity index (χ4v) is 3.01. The van der Waals surface area contributed by atoms with Crippen molar-refractivity contribution in [3.8, 4) is 10.4 Å². The lowest BCUT2D eigenvalue weighted by atomic mass is 10.2. The first kappa shape index (κ1) is 13.8. The van der Waals surface area contributed by atoms with Gasteiger partial charge in [-0.1, -0.05) is 6.92 Å². The first-order valence-corrected chi connectivity index (χ1v) is 7.31. The van der Waals surface area contributed by atoms with Gasteiger partial charge in [-0.05, 0) is 24.1 Å². The minimum absolute atomic E-state index is 0.218. The molecule has 7 heteroatoms. The molecular weight excluding hydrogens is 291 g/mol. The molecule has 3 aromatic heterocycles. The molecular formula is C14H13FN4OS.